The molecule has 6 N–H and O–H groups in total. The first-order valence-corrected chi connectivity index (χ1v) is 24.8. The van der Waals surface area contributed by atoms with Gasteiger partial charge >= 0.3 is 18.1 Å². The predicted octanol–water partition coefficient (Wildman–Crippen LogP) is 2.50. The molecule has 21 nitrogen and oxygen atoms in total. The highest BCUT2D eigenvalue weighted by atomic mass is 19.4. The summed E-state index contributed by atoms with van der Waals surface area (Å²) in [6.45, 7) is 1.92. The Balaban J connectivity index is 1.20. The Kier molecular flexibility index (Phi) is 18.7. The molecule has 4 aromatic carbocycles. The first kappa shape index (κ1) is 56.5. The Morgan fingerprint density at radius 3 is 1.73 bits per heavy atom. The molecular formula is C53H57F3N8O13. The molecule has 4 aromatic rings. The number of benzene rings is 4. The quantitative estimate of drug-likeness (QED) is 0.0639. The van der Waals surface area contributed by atoms with Gasteiger partial charge in [0.2, 0.25) is 35.4 Å². The first-order chi connectivity index (χ1) is 36.7. The van der Waals surface area contributed by atoms with Crippen LogP contribution in [0.15, 0.2) is 115 Å². The molecule has 77 heavy (non-hydrogen) atoms. The second kappa shape index (κ2) is 25.5. The number of hydrogen-bond acceptors (Lipinski definition) is 13. The lowest BCUT2D eigenvalue weighted by Gasteiger charge is -2.40. The third-order valence-electron chi connectivity index (χ3n) is 13.2. The zero-order chi connectivity index (χ0) is 55.4. The van der Waals surface area contributed by atoms with Gasteiger partial charge in [0.15, 0.2) is 6.29 Å². The maximum atomic E-state index is 14.7. The van der Waals surface area contributed by atoms with Crippen LogP contribution in [0.2, 0.25) is 0 Å². The molecule has 3 aliphatic rings. The number of halogens is 3. The topological polar surface area (TPSA) is 283 Å². The van der Waals surface area contributed by atoms with Gasteiger partial charge in [-0.15, -0.1) is 0 Å². The highest BCUT2D eigenvalue weighted by molar-refractivity contribution is 5.98. The number of ether oxygens (including phenoxy) is 3. The molecule has 3 aliphatic heterocycles. The van der Waals surface area contributed by atoms with E-state index in [9.17, 15) is 61.6 Å². The molecule has 0 saturated carbocycles. The molecule has 0 unspecified atom stereocenters. The Bertz CT molecular complexity index is 2780. The average molecular weight is 1070 g/mol. The molecule has 10 atom stereocenters. The van der Waals surface area contributed by atoms with Crippen molar-refractivity contribution in [3.05, 3.63) is 148 Å². The minimum Gasteiger partial charge on any atom is -0.454 e. The van der Waals surface area contributed by atoms with E-state index in [2.05, 4.69) is 26.6 Å². The number of rotatable bonds is 13. The summed E-state index contributed by atoms with van der Waals surface area (Å²) in [4.78, 5) is 124. The SMILES string of the molecule is C[C@@H]1NC(=O)[C@H](Cc2ccccc2)NC(=O)[C@H]2CCCN2C(=O)[C@H](Cc2ccccc2)NC(=O)[C@H](Cc2ccccc2)NC(=O)[C@H](CO[C@H]2C[C@@H](NC(=O)C(F)(F)F)[C@@H](OC(=O)c3ccc([N+](=O)[O-])cc3)[C@H](C)O2)NC1=O. The summed E-state index contributed by atoms with van der Waals surface area (Å²) in [6, 6.07) is 20.2. The molecule has 7 amide bonds. The normalized spacial score (nSPS) is 25.8. The number of alkyl halides is 3. The van der Waals surface area contributed by atoms with Gasteiger partial charge in [0.25, 0.3) is 5.69 Å². The van der Waals surface area contributed by atoms with Crippen LogP contribution in [0.5, 0.6) is 0 Å². The zero-order valence-electron chi connectivity index (χ0n) is 41.7. The summed E-state index contributed by atoms with van der Waals surface area (Å²) in [5, 5.41) is 26.3. The Labute approximate surface area is 439 Å². The van der Waals surface area contributed by atoms with E-state index in [1.807, 2.05) is 0 Å². The lowest BCUT2D eigenvalue weighted by molar-refractivity contribution is -0.384. The van der Waals surface area contributed by atoms with Crippen molar-refractivity contribution in [2.24, 2.45) is 0 Å². The van der Waals surface area contributed by atoms with E-state index in [1.165, 1.54) is 18.7 Å². The van der Waals surface area contributed by atoms with Crippen LogP contribution in [0.3, 0.4) is 0 Å². The van der Waals surface area contributed by atoms with Gasteiger partial charge in [0, 0.05) is 44.4 Å². The summed E-state index contributed by atoms with van der Waals surface area (Å²) >= 11 is 0. The lowest BCUT2D eigenvalue weighted by atomic mass is 9.98. The summed E-state index contributed by atoms with van der Waals surface area (Å²) in [6.07, 6.45) is -10.1. The van der Waals surface area contributed by atoms with E-state index in [-0.39, 0.29) is 43.5 Å². The molecule has 3 heterocycles. The van der Waals surface area contributed by atoms with Crippen molar-refractivity contribution in [3.8, 4) is 0 Å². The summed E-state index contributed by atoms with van der Waals surface area (Å²) < 4.78 is 58.5. The van der Waals surface area contributed by atoms with Crippen LogP contribution in [0.1, 0.15) is 60.2 Å². The number of nitrogens with one attached hydrogen (secondary N) is 6. The Hall–Kier alpha value is -8.25. The molecule has 0 aliphatic carbocycles. The maximum absolute atomic E-state index is 14.7. The molecule has 3 saturated heterocycles. The smallest absolute Gasteiger partial charge is 0.454 e. The average Bonchev–Trinajstić information content (AvgIpc) is 3.92. The molecule has 7 rings (SSSR count). The highest BCUT2D eigenvalue weighted by Crippen LogP contribution is 2.28. The Morgan fingerprint density at radius 1 is 0.688 bits per heavy atom. The van der Waals surface area contributed by atoms with Gasteiger partial charge in [-0.2, -0.15) is 13.2 Å². The number of carbonyl (C=O) groups is 8. The van der Waals surface area contributed by atoms with Crippen molar-refractivity contribution in [1.82, 2.24) is 36.8 Å². The fraction of sp³-hybridized carbons (Fsp3) is 0.396. The number of fused-ring (bicyclic) bond motifs is 1. The van der Waals surface area contributed by atoms with E-state index in [1.54, 1.807) is 96.3 Å². The first-order valence-electron chi connectivity index (χ1n) is 24.8. The number of nitro benzene ring substituents is 1. The number of carbonyl (C=O) groups excluding carboxylic acids is 8. The van der Waals surface area contributed by atoms with Crippen molar-refractivity contribution in [2.45, 2.75) is 119 Å². The molecule has 3 fully saturated rings. The van der Waals surface area contributed by atoms with Gasteiger partial charge in [-0.25, -0.2) is 4.79 Å². The maximum Gasteiger partial charge on any atom is 0.471 e. The van der Waals surface area contributed by atoms with E-state index >= 15 is 0 Å². The van der Waals surface area contributed by atoms with Crippen molar-refractivity contribution >= 4 is 53.0 Å². The fourth-order valence-corrected chi connectivity index (χ4v) is 9.17. The molecule has 0 bridgehead atoms. The summed E-state index contributed by atoms with van der Waals surface area (Å²) in [5.41, 5.74) is 1.29. The third-order valence-corrected chi connectivity index (χ3v) is 13.2. The van der Waals surface area contributed by atoms with Gasteiger partial charge in [-0.3, -0.25) is 43.7 Å². The number of non-ortho nitro benzene ring substituents is 1. The second-order valence-electron chi connectivity index (χ2n) is 18.8. The minimum atomic E-state index is -5.40. The number of nitro groups is 1. The molecule has 0 aromatic heterocycles. The summed E-state index contributed by atoms with van der Waals surface area (Å²) in [5.74, 6) is -8.38. The molecule has 24 heteroatoms. The largest absolute Gasteiger partial charge is 0.471 e. The van der Waals surface area contributed by atoms with Crippen molar-refractivity contribution < 1.29 is 70.7 Å². The molecule has 0 radical (unpaired) electrons. The number of nitrogens with zero attached hydrogens (tertiary/aromatic N) is 2. The van der Waals surface area contributed by atoms with Crippen LogP contribution >= 0.6 is 0 Å². The van der Waals surface area contributed by atoms with Crippen molar-refractivity contribution in [3.63, 3.8) is 0 Å². The van der Waals surface area contributed by atoms with Crippen LogP contribution < -0.4 is 31.9 Å². The number of esters is 1. The predicted molar refractivity (Wildman–Crippen MR) is 266 cm³/mol. The summed E-state index contributed by atoms with van der Waals surface area (Å²) in [7, 11) is 0. The fourth-order valence-electron chi connectivity index (χ4n) is 9.17. The van der Waals surface area contributed by atoms with E-state index in [0.717, 1.165) is 24.3 Å². The van der Waals surface area contributed by atoms with Crippen LogP contribution in [0.4, 0.5) is 18.9 Å². The third kappa shape index (κ3) is 15.2. The lowest BCUT2D eigenvalue weighted by Crippen LogP contribution is -2.62. The molecule has 0 spiro atoms. The van der Waals surface area contributed by atoms with Gasteiger partial charge in [-0.05, 0) is 55.5 Å². The second-order valence-corrected chi connectivity index (χ2v) is 18.8. The van der Waals surface area contributed by atoms with Gasteiger partial charge in [0.1, 0.15) is 42.4 Å². The number of amides is 7. The Morgan fingerprint density at radius 2 is 1.18 bits per heavy atom. The zero-order valence-corrected chi connectivity index (χ0v) is 41.7. The van der Waals surface area contributed by atoms with E-state index in [0.29, 0.717) is 23.1 Å². The van der Waals surface area contributed by atoms with Crippen LogP contribution in [0, 0.1) is 10.1 Å². The van der Waals surface area contributed by atoms with Gasteiger partial charge < -0.3 is 51.0 Å². The van der Waals surface area contributed by atoms with Gasteiger partial charge in [-0.1, -0.05) is 91.0 Å². The van der Waals surface area contributed by atoms with Crippen molar-refractivity contribution in [1.29, 1.82) is 0 Å². The van der Waals surface area contributed by atoms with Crippen LogP contribution in [-0.2, 0) is 67.0 Å². The monoisotopic (exact) mass is 1070 g/mol. The van der Waals surface area contributed by atoms with Crippen LogP contribution in [0.25, 0.3) is 0 Å². The minimum absolute atomic E-state index is 0.0347. The van der Waals surface area contributed by atoms with Crippen molar-refractivity contribution in [2.75, 3.05) is 13.2 Å². The number of hydrogen-bond donors (Lipinski definition) is 6. The standard InChI is InChI=1S/C53H57F3N8O13/c1-30-45(65)61-41(29-75-43-28-37(62-52(72)53(54,55)56)44(31(2)76-43)77-51(71)35-20-22-36(23-21-35)64(73)74)48(68)58-39(26-33-15-8-4-9-16-33)47(67)60-40(27-34-17-10-5-11-18-34)50(70)63-24-12-19-42(63)49(69)59-38(46(66)57-30)25-32-13-6-3-7-14-32/h3-11,13-18,20-23,30-31,37-44H,12,19,24-29H2,1-2H3,(H,57,66)(H,58,68)(H,59,69)(H,60,67)(H,61,65)(H,62,72)/t30-,31-,37+,38-,39-,40-,41-,42+,43+,44-/m0/s1. The molecular weight excluding hydrogens is 1010 g/mol. The highest BCUT2D eigenvalue weighted by Gasteiger charge is 2.47. The van der Waals surface area contributed by atoms with Gasteiger partial charge in [0.05, 0.1) is 29.2 Å². The molecule has 408 valence electrons. The van der Waals surface area contributed by atoms with E-state index < -0.39 is 132 Å². The van der Waals surface area contributed by atoms with E-state index in [4.69, 9.17) is 14.2 Å². The van der Waals surface area contributed by atoms with Crippen LogP contribution in [-0.4, -0.2) is 137 Å².